The largest absolute Gasteiger partial charge is 0.332 e. The number of halogens is 3. The molecule has 3 aromatic rings. The van der Waals surface area contributed by atoms with Crippen LogP contribution < -0.4 is 5.32 Å². The molecule has 0 saturated heterocycles. The summed E-state index contributed by atoms with van der Waals surface area (Å²) < 4.78 is 7.39. The minimum Gasteiger partial charge on any atom is -0.332 e. The number of hydrogen-bond donors (Lipinski definition) is 1. The molecule has 0 radical (unpaired) electrons. The standard InChI is InChI=1S/C18H19Cl2N5O.ClH/c1-10(21-2)8-16-22-18(26-24-16)17-12-4-3-5-14(12)25(23-17)15-7-6-11(19)9-13(15)20;/h6-7,9-10,21H,3-5,8H2,1-2H3;1H. The Bertz CT molecular complexity index is 953. The average molecular weight is 429 g/mol. The van der Waals surface area contributed by atoms with E-state index in [1.54, 1.807) is 6.07 Å². The molecule has 27 heavy (non-hydrogen) atoms. The van der Waals surface area contributed by atoms with Crippen LogP contribution in [0.4, 0.5) is 0 Å². The first-order valence-electron chi connectivity index (χ1n) is 8.63. The Morgan fingerprint density at radius 3 is 2.85 bits per heavy atom. The third-order valence-electron chi connectivity index (χ3n) is 4.72. The van der Waals surface area contributed by atoms with Crippen LogP contribution in [0.1, 0.15) is 30.4 Å². The Hall–Kier alpha value is -1.60. The van der Waals surface area contributed by atoms with Gasteiger partial charge in [0.1, 0.15) is 0 Å². The van der Waals surface area contributed by atoms with Crippen LogP contribution in [0.5, 0.6) is 0 Å². The molecule has 0 fully saturated rings. The topological polar surface area (TPSA) is 68.8 Å². The van der Waals surface area contributed by atoms with Gasteiger partial charge in [0.05, 0.1) is 10.7 Å². The van der Waals surface area contributed by atoms with Gasteiger partial charge in [-0.25, -0.2) is 4.68 Å². The molecule has 1 atom stereocenters. The fourth-order valence-electron chi connectivity index (χ4n) is 3.27. The Morgan fingerprint density at radius 2 is 2.11 bits per heavy atom. The lowest BCUT2D eigenvalue weighted by atomic mass is 10.2. The van der Waals surface area contributed by atoms with E-state index in [4.69, 9.17) is 32.8 Å². The Balaban J connectivity index is 0.00000210. The predicted octanol–water partition coefficient (Wildman–Crippen LogP) is 4.29. The van der Waals surface area contributed by atoms with E-state index in [-0.39, 0.29) is 18.4 Å². The van der Waals surface area contributed by atoms with Crippen LogP contribution in [0.15, 0.2) is 22.7 Å². The zero-order chi connectivity index (χ0) is 18.3. The number of rotatable bonds is 5. The van der Waals surface area contributed by atoms with Crippen molar-refractivity contribution in [2.45, 2.75) is 38.6 Å². The van der Waals surface area contributed by atoms with Crippen molar-refractivity contribution in [3.05, 3.63) is 45.3 Å². The predicted molar refractivity (Wildman–Crippen MR) is 108 cm³/mol. The van der Waals surface area contributed by atoms with Gasteiger partial charge in [-0.1, -0.05) is 28.4 Å². The first-order valence-corrected chi connectivity index (χ1v) is 9.39. The molecule has 144 valence electrons. The van der Waals surface area contributed by atoms with E-state index in [9.17, 15) is 0 Å². The molecule has 1 aliphatic carbocycles. The first kappa shape index (κ1) is 20.1. The summed E-state index contributed by atoms with van der Waals surface area (Å²) in [5, 5.41) is 13.2. The zero-order valence-corrected chi connectivity index (χ0v) is 17.3. The number of hydrogen-bond acceptors (Lipinski definition) is 5. The second-order valence-corrected chi connectivity index (χ2v) is 7.39. The van der Waals surface area contributed by atoms with Gasteiger partial charge in [-0.05, 0) is 51.4 Å². The summed E-state index contributed by atoms with van der Waals surface area (Å²) in [4.78, 5) is 4.54. The second kappa shape index (κ2) is 8.19. The summed E-state index contributed by atoms with van der Waals surface area (Å²) in [7, 11) is 1.91. The second-order valence-electron chi connectivity index (χ2n) is 6.54. The maximum Gasteiger partial charge on any atom is 0.278 e. The maximum absolute atomic E-state index is 6.39. The molecule has 0 saturated carbocycles. The maximum atomic E-state index is 6.39. The van der Waals surface area contributed by atoms with Crippen molar-refractivity contribution in [3.8, 4) is 17.3 Å². The molecule has 0 bridgehead atoms. The van der Waals surface area contributed by atoms with Crippen LogP contribution in [0.25, 0.3) is 17.3 Å². The summed E-state index contributed by atoms with van der Waals surface area (Å²) in [6.07, 6.45) is 3.66. The molecule has 2 heterocycles. The lowest BCUT2D eigenvalue weighted by Crippen LogP contribution is -2.24. The minimum atomic E-state index is 0. The van der Waals surface area contributed by atoms with E-state index >= 15 is 0 Å². The molecule has 0 amide bonds. The summed E-state index contributed by atoms with van der Waals surface area (Å²) in [5.41, 5.74) is 3.86. The molecule has 4 rings (SSSR count). The fraction of sp³-hybridized carbons (Fsp3) is 0.389. The van der Waals surface area contributed by atoms with E-state index < -0.39 is 0 Å². The monoisotopic (exact) mass is 427 g/mol. The number of fused-ring (bicyclic) bond motifs is 1. The highest BCUT2D eigenvalue weighted by molar-refractivity contribution is 6.35. The van der Waals surface area contributed by atoms with Gasteiger partial charge in [0, 0.05) is 28.7 Å². The Morgan fingerprint density at radius 1 is 1.30 bits per heavy atom. The quantitative estimate of drug-likeness (QED) is 0.656. The van der Waals surface area contributed by atoms with Gasteiger partial charge >= 0.3 is 0 Å². The summed E-state index contributed by atoms with van der Waals surface area (Å²) in [5.74, 6) is 1.14. The summed E-state index contributed by atoms with van der Waals surface area (Å²) in [6.45, 7) is 2.07. The number of nitrogens with zero attached hydrogens (tertiary/aromatic N) is 4. The number of nitrogens with one attached hydrogen (secondary N) is 1. The average Bonchev–Trinajstić information content (AvgIpc) is 3.31. The molecule has 2 aromatic heterocycles. The van der Waals surface area contributed by atoms with Crippen molar-refractivity contribution >= 4 is 35.6 Å². The van der Waals surface area contributed by atoms with Crippen molar-refractivity contribution in [3.63, 3.8) is 0 Å². The minimum absolute atomic E-state index is 0. The van der Waals surface area contributed by atoms with Gasteiger partial charge in [-0.3, -0.25) is 0 Å². The third kappa shape index (κ3) is 3.85. The van der Waals surface area contributed by atoms with E-state index in [2.05, 4.69) is 22.4 Å². The van der Waals surface area contributed by atoms with Crippen LogP contribution in [0.2, 0.25) is 10.0 Å². The van der Waals surface area contributed by atoms with Crippen molar-refractivity contribution < 1.29 is 4.52 Å². The molecule has 1 N–H and O–H groups in total. The smallest absolute Gasteiger partial charge is 0.278 e. The van der Waals surface area contributed by atoms with E-state index in [0.29, 0.717) is 28.2 Å². The highest BCUT2D eigenvalue weighted by Crippen LogP contribution is 2.35. The molecule has 1 aliphatic rings. The zero-order valence-electron chi connectivity index (χ0n) is 15.0. The molecular formula is C18H20Cl3N5O. The van der Waals surface area contributed by atoms with Gasteiger partial charge < -0.3 is 9.84 Å². The van der Waals surface area contributed by atoms with Gasteiger partial charge in [0.15, 0.2) is 11.5 Å². The van der Waals surface area contributed by atoms with Gasteiger partial charge in [0.25, 0.3) is 5.89 Å². The molecule has 1 unspecified atom stereocenters. The number of benzene rings is 1. The highest BCUT2D eigenvalue weighted by atomic mass is 35.5. The number of likely N-dealkylation sites (N-methyl/N-ethyl adjacent to an activating group) is 1. The molecule has 0 aliphatic heterocycles. The summed E-state index contributed by atoms with van der Waals surface area (Å²) >= 11 is 12.4. The van der Waals surface area contributed by atoms with Crippen LogP contribution in [-0.4, -0.2) is 33.0 Å². The van der Waals surface area contributed by atoms with Crippen LogP contribution in [-0.2, 0) is 19.3 Å². The van der Waals surface area contributed by atoms with Gasteiger partial charge in [0.2, 0.25) is 0 Å². The molecule has 0 spiro atoms. The van der Waals surface area contributed by atoms with Crippen LogP contribution >= 0.6 is 35.6 Å². The molecule has 6 nitrogen and oxygen atoms in total. The van der Waals surface area contributed by atoms with Crippen molar-refractivity contribution in [1.82, 2.24) is 25.2 Å². The van der Waals surface area contributed by atoms with Crippen molar-refractivity contribution in [1.29, 1.82) is 0 Å². The Kier molecular flexibility index (Phi) is 6.11. The fourth-order valence-corrected chi connectivity index (χ4v) is 3.76. The lowest BCUT2D eigenvalue weighted by molar-refractivity contribution is 0.416. The van der Waals surface area contributed by atoms with Crippen molar-refractivity contribution in [2.75, 3.05) is 7.05 Å². The van der Waals surface area contributed by atoms with E-state index in [0.717, 1.165) is 41.9 Å². The van der Waals surface area contributed by atoms with Gasteiger partial charge in [-0.2, -0.15) is 10.1 Å². The lowest BCUT2D eigenvalue weighted by Gasteiger charge is -2.07. The van der Waals surface area contributed by atoms with E-state index in [1.165, 1.54) is 0 Å². The molecular weight excluding hydrogens is 409 g/mol. The summed E-state index contributed by atoms with van der Waals surface area (Å²) in [6, 6.07) is 5.70. The van der Waals surface area contributed by atoms with Crippen LogP contribution in [0.3, 0.4) is 0 Å². The first-order chi connectivity index (χ1) is 12.6. The SMILES string of the molecule is CNC(C)Cc1noc(-c2nn(-c3ccc(Cl)cc3Cl)c3c2CCC3)n1.Cl. The third-order valence-corrected chi connectivity index (χ3v) is 5.26. The number of aromatic nitrogens is 4. The normalized spacial score (nSPS) is 14.1. The highest BCUT2D eigenvalue weighted by Gasteiger charge is 2.28. The van der Waals surface area contributed by atoms with E-state index in [1.807, 2.05) is 23.9 Å². The molecule has 1 aromatic carbocycles. The Labute approximate surface area is 173 Å². The van der Waals surface area contributed by atoms with Gasteiger partial charge in [-0.15, -0.1) is 12.4 Å². The molecule has 9 heteroatoms. The van der Waals surface area contributed by atoms with Crippen molar-refractivity contribution in [2.24, 2.45) is 0 Å². The van der Waals surface area contributed by atoms with Crippen LogP contribution in [0, 0.1) is 0 Å².